The molecular formula is C12H8N6O4S2. The predicted molar refractivity (Wildman–Crippen MR) is 83.0 cm³/mol. The quantitative estimate of drug-likeness (QED) is 0.505. The Morgan fingerprint density at radius 3 is 2.92 bits per heavy atom. The summed E-state index contributed by atoms with van der Waals surface area (Å²) in [6.45, 7) is 0.998. The van der Waals surface area contributed by atoms with Crippen LogP contribution in [0.5, 0.6) is 11.5 Å². The van der Waals surface area contributed by atoms with Crippen LogP contribution in [-0.4, -0.2) is 43.3 Å². The van der Waals surface area contributed by atoms with E-state index in [-0.39, 0.29) is 5.00 Å². The lowest BCUT2D eigenvalue weighted by atomic mass is 10.2. The zero-order chi connectivity index (χ0) is 16.5. The van der Waals surface area contributed by atoms with Crippen molar-refractivity contribution in [1.82, 2.24) is 25.2 Å². The topological polar surface area (TPSA) is 118 Å². The van der Waals surface area contributed by atoms with Crippen LogP contribution in [0.25, 0.3) is 5.69 Å². The molecule has 0 radical (unpaired) electrons. The second kappa shape index (κ2) is 6.05. The highest BCUT2D eigenvalue weighted by atomic mass is 32.2. The van der Waals surface area contributed by atoms with Crippen LogP contribution < -0.4 is 9.47 Å². The number of fused-ring (bicyclic) bond motifs is 1. The van der Waals surface area contributed by atoms with Gasteiger partial charge in [-0.3, -0.25) is 10.1 Å². The van der Waals surface area contributed by atoms with Crippen LogP contribution in [0.15, 0.2) is 33.9 Å². The summed E-state index contributed by atoms with van der Waals surface area (Å²) in [5, 5.41) is 22.7. The standard InChI is InChI=1S/C12H8N6O4S2/c19-18(20)10-6-13-12(23-10)24-11-14-15-16-17(11)7-1-2-8-9(5-7)22-4-3-21-8/h1-2,5-6H,3-4H2. The summed E-state index contributed by atoms with van der Waals surface area (Å²) in [6.07, 6.45) is 1.21. The Kier molecular flexibility index (Phi) is 3.74. The van der Waals surface area contributed by atoms with E-state index >= 15 is 0 Å². The first-order chi connectivity index (χ1) is 11.7. The summed E-state index contributed by atoms with van der Waals surface area (Å²) in [7, 11) is 0. The van der Waals surface area contributed by atoms with Crippen molar-refractivity contribution in [3.05, 3.63) is 34.5 Å². The molecule has 24 heavy (non-hydrogen) atoms. The SMILES string of the molecule is O=[N+]([O-])c1cnc(Sc2nnnn2-c2ccc3c(c2)OCCO3)s1. The first kappa shape index (κ1) is 14.8. The Morgan fingerprint density at radius 2 is 2.12 bits per heavy atom. The normalized spacial score (nSPS) is 13.0. The number of benzene rings is 1. The Bertz CT molecular complexity index is 911. The highest BCUT2D eigenvalue weighted by Crippen LogP contribution is 2.35. The molecule has 0 aliphatic carbocycles. The summed E-state index contributed by atoms with van der Waals surface area (Å²) >= 11 is 2.11. The van der Waals surface area contributed by atoms with Crippen molar-refractivity contribution in [3.63, 3.8) is 0 Å². The molecule has 0 spiro atoms. The van der Waals surface area contributed by atoms with Crippen molar-refractivity contribution in [2.45, 2.75) is 9.50 Å². The van der Waals surface area contributed by atoms with Gasteiger partial charge in [-0.05, 0) is 45.7 Å². The molecule has 2 aromatic heterocycles. The molecule has 1 aliphatic heterocycles. The largest absolute Gasteiger partial charge is 0.486 e. The van der Waals surface area contributed by atoms with E-state index in [1.165, 1.54) is 10.9 Å². The monoisotopic (exact) mass is 364 g/mol. The minimum atomic E-state index is -0.481. The summed E-state index contributed by atoms with van der Waals surface area (Å²) in [5.74, 6) is 1.29. The fourth-order valence-electron chi connectivity index (χ4n) is 2.03. The highest BCUT2D eigenvalue weighted by molar-refractivity contribution is 8.00. The molecule has 12 heteroatoms. The van der Waals surface area contributed by atoms with Gasteiger partial charge < -0.3 is 9.47 Å². The number of hydrogen-bond donors (Lipinski definition) is 0. The van der Waals surface area contributed by atoms with E-state index in [0.717, 1.165) is 23.1 Å². The third-order valence-corrected chi connectivity index (χ3v) is 5.00. The Labute approximate surface area is 142 Å². The van der Waals surface area contributed by atoms with Crippen LogP contribution in [0, 0.1) is 10.1 Å². The fourth-order valence-corrected chi connectivity index (χ4v) is 3.71. The van der Waals surface area contributed by atoms with Gasteiger partial charge in [0.25, 0.3) is 0 Å². The van der Waals surface area contributed by atoms with Crippen LogP contribution in [0.4, 0.5) is 5.00 Å². The maximum atomic E-state index is 10.7. The summed E-state index contributed by atoms with van der Waals surface area (Å²) in [5.41, 5.74) is 0.692. The highest BCUT2D eigenvalue weighted by Gasteiger charge is 2.18. The van der Waals surface area contributed by atoms with E-state index in [9.17, 15) is 10.1 Å². The van der Waals surface area contributed by atoms with Crippen molar-refractivity contribution < 1.29 is 14.4 Å². The number of ether oxygens (including phenoxy) is 2. The van der Waals surface area contributed by atoms with E-state index in [1.807, 2.05) is 0 Å². The molecule has 122 valence electrons. The van der Waals surface area contributed by atoms with Crippen LogP contribution >= 0.6 is 23.1 Å². The maximum absolute atomic E-state index is 10.7. The van der Waals surface area contributed by atoms with Gasteiger partial charge in [0.2, 0.25) is 5.16 Å². The van der Waals surface area contributed by atoms with Gasteiger partial charge in [-0.15, -0.1) is 5.10 Å². The third kappa shape index (κ3) is 2.76. The zero-order valence-corrected chi connectivity index (χ0v) is 13.5. The number of thiazole rings is 1. The third-order valence-electron chi connectivity index (χ3n) is 3.04. The Morgan fingerprint density at radius 1 is 1.29 bits per heavy atom. The van der Waals surface area contributed by atoms with E-state index in [2.05, 4.69) is 20.5 Å². The van der Waals surface area contributed by atoms with Crippen LogP contribution in [0.1, 0.15) is 0 Å². The first-order valence-electron chi connectivity index (χ1n) is 6.67. The number of tetrazole rings is 1. The molecular weight excluding hydrogens is 356 g/mol. The molecule has 0 amide bonds. The molecule has 1 aromatic carbocycles. The predicted octanol–water partition coefficient (Wildman–Crippen LogP) is 1.95. The fraction of sp³-hybridized carbons (Fsp3) is 0.167. The maximum Gasteiger partial charge on any atom is 0.344 e. The van der Waals surface area contributed by atoms with Crippen molar-refractivity contribution in [3.8, 4) is 17.2 Å². The van der Waals surface area contributed by atoms with Crippen LogP contribution in [0.2, 0.25) is 0 Å². The molecule has 0 bridgehead atoms. The summed E-state index contributed by atoms with van der Waals surface area (Å²) in [4.78, 5) is 14.3. The first-order valence-corrected chi connectivity index (χ1v) is 8.30. The molecule has 0 atom stereocenters. The Balaban J connectivity index is 1.63. The molecule has 0 fully saturated rings. The lowest BCUT2D eigenvalue weighted by Crippen LogP contribution is -2.15. The average Bonchev–Trinajstić information content (AvgIpc) is 3.24. The van der Waals surface area contributed by atoms with Gasteiger partial charge in [0, 0.05) is 6.07 Å². The second-order valence-corrected chi connectivity index (χ2v) is 6.75. The smallest absolute Gasteiger partial charge is 0.344 e. The minimum absolute atomic E-state index is 0.0316. The molecule has 10 nitrogen and oxygen atoms in total. The molecule has 0 unspecified atom stereocenters. The van der Waals surface area contributed by atoms with Gasteiger partial charge in [-0.2, -0.15) is 4.68 Å². The average molecular weight is 364 g/mol. The van der Waals surface area contributed by atoms with Gasteiger partial charge in [0.15, 0.2) is 15.8 Å². The van der Waals surface area contributed by atoms with Gasteiger partial charge in [0.05, 0.1) is 10.6 Å². The van der Waals surface area contributed by atoms with Crippen molar-refractivity contribution in [2.24, 2.45) is 0 Å². The van der Waals surface area contributed by atoms with E-state index in [0.29, 0.717) is 39.9 Å². The van der Waals surface area contributed by atoms with E-state index < -0.39 is 4.92 Å². The second-order valence-electron chi connectivity index (χ2n) is 4.52. The van der Waals surface area contributed by atoms with Gasteiger partial charge in [-0.25, -0.2) is 4.98 Å². The molecule has 3 heterocycles. The van der Waals surface area contributed by atoms with Gasteiger partial charge >= 0.3 is 5.00 Å². The molecule has 4 rings (SSSR count). The van der Waals surface area contributed by atoms with Crippen LogP contribution in [-0.2, 0) is 0 Å². The van der Waals surface area contributed by atoms with Crippen molar-refractivity contribution >= 4 is 28.1 Å². The number of nitro groups is 1. The summed E-state index contributed by atoms with van der Waals surface area (Å²) in [6, 6.07) is 5.37. The minimum Gasteiger partial charge on any atom is -0.486 e. The molecule has 1 aliphatic rings. The van der Waals surface area contributed by atoms with Crippen molar-refractivity contribution in [2.75, 3.05) is 13.2 Å². The Hall–Kier alpha value is -2.73. The van der Waals surface area contributed by atoms with Crippen LogP contribution in [0.3, 0.4) is 0 Å². The molecule has 3 aromatic rings. The molecule has 0 saturated heterocycles. The molecule has 0 N–H and O–H groups in total. The molecule has 0 saturated carbocycles. The van der Waals surface area contributed by atoms with Crippen molar-refractivity contribution in [1.29, 1.82) is 0 Å². The summed E-state index contributed by atoms with van der Waals surface area (Å²) < 4.78 is 13.0. The number of hydrogen-bond acceptors (Lipinski definition) is 10. The lowest BCUT2D eigenvalue weighted by molar-refractivity contribution is -0.380. The van der Waals surface area contributed by atoms with Gasteiger partial charge in [0.1, 0.15) is 19.4 Å². The number of nitrogens with zero attached hydrogens (tertiary/aromatic N) is 6. The number of rotatable bonds is 4. The zero-order valence-electron chi connectivity index (χ0n) is 11.9. The van der Waals surface area contributed by atoms with Gasteiger partial charge in [-0.1, -0.05) is 0 Å². The van der Waals surface area contributed by atoms with E-state index in [1.54, 1.807) is 18.2 Å². The number of aromatic nitrogens is 5. The van der Waals surface area contributed by atoms with E-state index in [4.69, 9.17) is 9.47 Å². The lowest BCUT2D eigenvalue weighted by Gasteiger charge is -2.18.